The Bertz CT molecular complexity index is 1070. The lowest BCUT2D eigenvalue weighted by Gasteiger charge is -2.20. The molecular weight excluding hydrogens is 434 g/mol. The number of aromatic nitrogens is 1. The number of thiazole rings is 1. The van der Waals surface area contributed by atoms with E-state index in [-0.39, 0.29) is 28.2 Å². The van der Waals surface area contributed by atoms with E-state index in [9.17, 15) is 24.5 Å². The van der Waals surface area contributed by atoms with Crippen LogP contribution in [0.4, 0.5) is 0 Å². The van der Waals surface area contributed by atoms with Gasteiger partial charge in [-0.2, -0.15) is 5.26 Å². The maximum absolute atomic E-state index is 12.8. The molecule has 0 unspecified atom stereocenters. The number of benzene rings is 1. The minimum atomic E-state index is -2.05. The van der Waals surface area contributed by atoms with Crippen molar-refractivity contribution in [3.63, 3.8) is 0 Å². The van der Waals surface area contributed by atoms with E-state index in [1.165, 1.54) is 13.8 Å². The van der Waals surface area contributed by atoms with Crippen LogP contribution in [-0.2, 0) is 38.2 Å². The first-order valence-corrected chi connectivity index (χ1v) is 11.9. The van der Waals surface area contributed by atoms with Crippen molar-refractivity contribution in [1.29, 1.82) is 5.26 Å². The van der Waals surface area contributed by atoms with Crippen LogP contribution in [0.1, 0.15) is 86.3 Å². The average Bonchev–Trinajstić information content (AvgIpc) is 3.12. The van der Waals surface area contributed by atoms with Gasteiger partial charge in [-0.3, -0.25) is 4.79 Å². The largest absolute Gasteiger partial charge is 0.439 e. The lowest BCUT2D eigenvalue weighted by molar-refractivity contribution is -0.117. The summed E-state index contributed by atoms with van der Waals surface area (Å²) in [6.07, 6.45) is -0.0376. The summed E-state index contributed by atoms with van der Waals surface area (Å²) in [6, 6.07) is 5.75. The normalized spacial score (nSPS) is 13.1. The van der Waals surface area contributed by atoms with E-state index in [2.05, 4.69) is 15.4 Å². The minimum Gasteiger partial charge on any atom is -0.439 e. The Morgan fingerprint density at radius 3 is 2.23 bits per heavy atom. The molecule has 31 heavy (non-hydrogen) atoms. The predicted molar refractivity (Wildman–Crippen MR) is 120 cm³/mol. The lowest BCUT2D eigenvalue weighted by atomic mass is 9.85. The summed E-state index contributed by atoms with van der Waals surface area (Å²) < 4.78 is 16.8. The fraction of sp³-hybridized carbons (Fsp3) is 0.500. The molecule has 1 aromatic carbocycles. The third-order valence-electron chi connectivity index (χ3n) is 4.70. The van der Waals surface area contributed by atoms with E-state index in [0.717, 1.165) is 28.0 Å². The molecule has 0 fully saturated rings. The van der Waals surface area contributed by atoms with Gasteiger partial charge in [-0.1, -0.05) is 27.7 Å². The fourth-order valence-corrected chi connectivity index (χ4v) is 5.26. The number of rotatable bonds is 7. The number of aliphatic hydroxyl groups excluding tert-OH is 1. The molecule has 0 saturated carbocycles. The van der Waals surface area contributed by atoms with Crippen molar-refractivity contribution in [2.24, 2.45) is 4.36 Å². The van der Waals surface area contributed by atoms with Gasteiger partial charge in [0.25, 0.3) is 0 Å². The van der Waals surface area contributed by atoms with Crippen molar-refractivity contribution in [2.75, 3.05) is 0 Å². The number of aliphatic hydroxyl groups is 2. The van der Waals surface area contributed by atoms with Crippen molar-refractivity contribution in [3.05, 3.63) is 45.1 Å². The van der Waals surface area contributed by atoms with Crippen molar-refractivity contribution < 1.29 is 19.2 Å². The molecule has 0 saturated heterocycles. The molecule has 1 aromatic heterocycles. The summed E-state index contributed by atoms with van der Waals surface area (Å²) in [5.41, 5.74) is 2.02. The third-order valence-corrected chi connectivity index (χ3v) is 7.50. The van der Waals surface area contributed by atoms with Gasteiger partial charge in [0, 0.05) is 0 Å². The highest BCUT2D eigenvalue weighted by molar-refractivity contribution is 7.78. The molecule has 0 radical (unpaired) electrons. The van der Waals surface area contributed by atoms with E-state index < -0.39 is 28.7 Å². The van der Waals surface area contributed by atoms with Crippen molar-refractivity contribution in [2.45, 2.75) is 76.2 Å². The second-order valence-corrected chi connectivity index (χ2v) is 10.8. The summed E-state index contributed by atoms with van der Waals surface area (Å²) in [4.78, 5) is 16.9. The van der Waals surface area contributed by atoms with Gasteiger partial charge < -0.3 is 18.8 Å². The SMILES string of the molecule is CC(C)c1cc(C#N)cc(C(C)C)c1CC(=O)N=[S-](=O)c1sc(C(C)(C)O)nc1CO. The Morgan fingerprint density at radius 2 is 1.81 bits per heavy atom. The summed E-state index contributed by atoms with van der Waals surface area (Å²) in [5, 5.41) is 29.3. The fourth-order valence-electron chi connectivity index (χ4n) is 3.17. The van der Waals surface area contributed by atoms with Gasteiger partial charge in [0.15, 0.2) is 0 Å². The second kappa shape index (κ2) is 10.0. The summed E-state index contributed by atoms with van der Waals surface area (Å²) in [6.45, 7) is 10.6. The molecule has 0 aliphatic heterocycles. The van der Waals surface area contributed by atoms with Gasteiger partial charge in [-0.15, -0.1) is 21.9 Å². The standard InChI is InChI=1S/C22H28N3O4S2/c1-12(2)15-7-14(10-23)8-16(13(3)4)17(15)9-19(27)25-31(29)20-18(11-26)24-21(30-20)22(5,6)28/h7-8,12-13,26,28H,9,11H2,1-6H3/q-1. The molecular formula is C22H28N3O4S2-. The van der Waals surface area contributed by atoms with Gasteiger partial charge in [0.05, 0.1) is 30.4 Å². The molecule has 0 atom stereocenters. The number of hydrogen-bond donors (Lipinski definition) is 2. The van der Waals surface area contributed by atoms with Gasteiger partial charge in [0.2, 0.25) is 5.91 Å². The molecule has 2 aromatic rings. The first-order valence-electron chi connectivity index (χ1n) is 9.95. The zero-order chi connectivity index (χ0) is 23.5. The molecule has 0 aliphatic carbocycles. The average molecular weight is 463 g/mol. The van der Waals surface area contributed by atoms with Crippen LogP contribution in [0, 0.1) is 11.3 Å². The van der Waals surface area contributed by atoms with E-state index in [1.54, 1.807) is 12.1 Å². The predicted octanol–water partition coefficient (Wildman–Crippen LogP) is 4.26. The van der Waals surface area contributed by atoms with Crippen molar-refractivity contribution >= 4 is 27.8 Å². The number of amides is 1. The Labute approximate surface area is 189 Å². The quantitative estimate of drug-likeness (QED) is 0.593. The van der Waals surface area contributed by atoms with Crippen LogP contribution in [0.5, 0.6) is 0 Å². The van der Waals surface area contributed by atoms with E-state index in [1.807, 2.05) is 27.7 Å². The maximum atomic E-state index is 12.8. The zero-order valence-corrected chi connectivity index (χ0v) is 20.2. The van der Waals surface area contributed by atoms with Gasteiger partial charge in [-0.25, -0.2) is 4.98 Å². The highest BCUT2D eigenvalue weighted by atomic mass is 32.2. The minimum absolute atomic E-state index is 0.0376. The highest BCUT2D eigenvalue weighted by Crippen LogP contribution is 2.31. The molecule has 0 aliphatic rings. The number of nitrogens with zero attached hydrogens (tertiary/aromatic N) is 3. The highest BCUT2D eigenvalue weighted by Gasteiger charge is 2.22. The summed E-state index contributed by atoms with van der Waals surface area (Å²) in [5.74, 6) is -0.374. The topological polar surface area (TPSA) is 124 Å². The van der Waals surface area contributed by atoms with Crippen LogP contribution in [0.25, 0.3) is 0 Å². The maximum Gasteiger partial charge on any atom is 0.227 e. The summed E-state index contributed by atoms with van der Waals surface area (Å²) in [7, 11) is -2.05. The van der Waals surface area contributed by atoms with Crippen LogP contribution in [0.15, 0.2) is 20.7 Å². The van der Waals surface area contributed by atoms with Crippen LogP contribution in [-0.4, -0.2) is 21.1 Å². The molecule has 168 valence electrons. The molecule has 2 rings (SSSR count). The molecule has 1 amide bonds. The molecule has 0 bridgehead atoms. The molecule has 9 heteroatoms. The Hall–Kier alpha value is -2.12. The van der Waals surface area contributed by atoms with Gasteiger partial charge in [-0.05, 0) is 58.7 Å². The molecule has 1 heterocycles. The Balaban J connectivity index is 2.47. The van der Waals surface area contributed by atoms with E-state index >= 15 is 0 Å². The smallest absolute Gasteiger partial charge is 0.227 e. The Morgan fingerprint density at radius 1 is 1.26 bits per heavy atom. The number of carbonyl (C=O) groups excluding carboxylic acids is 1. The van der Waals surface area contributed by atoms with Crippen molar-refractivity contribution in [1.82, 2.24) is 4.98 Å². The van der Waals surface area contributed by atoms with E-state index in [0.29, 0.717) is 10.6 Å². The number of hydrogen-bond acceptors (Lipinski definition) is 8. The van der Waals surface area contributed by atoms with Crippen LogP contribution >= 0.6 is 11.3 Å². The number of carbonyl (C=O) groups is 1. The number of nitriles is 1. The zero-order valence-electron chi connectivity index (χ0n) is 18.6. The van der Waals surface area contributed by atoms with Crippen LogP contribution in [0.3, 0.4) is 0 Å². The van der Waals surface area contributed by atoms with E-state index in [4.69, 9.17) is 0 Å². The summed E-state index contributed by atoms with van der Waals surface area (Å²) >= 11 is 0.965. The molecule has 0 spiro atoms. The third kappa shape index (κ3) is 5.98. The molecule has 7 nitrogen and oxygen atoms in total. The van der Waals surface area contributed by atoms with Crippen LogP contribution < -0.4 is 0 Å². The first-order chi connectivity index (χ1) is 14.4. The second-order valence-electron chi connectivity index (χ2n) is 8.44. The lowest BCUT2D eigenvalue weighted by Crippen LogP contribution is -2.14. The first kappa shape index (κ1) is 25.1. The van der Waals surface area contributed by atoms with Crippen LogP contribution in [0.2, 0.25) is 0 Å². The van der Waals surface area contributed by atoms with Gasteiger partial charge >= 0.3 is 0 Å². The van der Waals surface area contributed by atoms with Gasteiger partial charge in [0.1, 0.15) is 10.6 Å². The monoisotopic (exact) mass is 462 g/mol. The molecule has 2 N–H and O–H groups in total. The Kier molecular flexibility index (Phi) is 8.11. The van der Waals surface area contributed by atoms with Crippen molar-refractivity contribution in [3.8, 4) is 6.07 Å².